The van der Waals surface area contributed by atoms with Crippen molar-refractivity contribution in [2.75, 3.05) is 5.32 Å². The van der Waals surface area contributed by atoms with Crippen molar-refractivity contribution in [3.05, 3.63) is 63.4 Å². The minimum Gasteiger partial charge on any atom is -0.361 e. The van der Waals surface area contributed by atoms with Crippen LogP contribution in [0.3, 0.4) is 0 Å². The summed E-state index contributed by atoms with van der Waals surface area (Å²) in [6.45, 7) is 1.98. The summed E-state index contributed by atoms with van der Waals surface area (Å²) in [7, 11) is 0. The molecule has 4 aromatic rings. The zero-order chi connectivity index (χ0) is 20.1. The smallest absolute Gasteiger partial charge is 0.260 e. The Hall–Kier alpha value is -3.37. The molecule has 29 heavy (non-hydrogen) atoms. The quantitative estimate of drug-likeness (QED) is 0.528. The molecular formula is C21H17ClN6O. The van der Waals surface area contributed by atoms with Gasteiger partial charge in [0.05, 0.1) is 27.4 Å². The lowest BCUT2D eigenvalue weighted by Crippen LogP contribution is -2.26. The first-order valence-corrected chi connectivity index (χ1v) is 9.78. The van der Waals surface area contributed by atoms with Crippen LogP contribution in [-0.4, -0.2) is 19.5 Å². The average Bonchev–Trinajstić information content (AvgIpc) is 3.45. The molecule has 1 aliphatic rings. The molecule has 1 saturated carbocycles. The van der Waals surface area contributed by atoms with Crippen molar-refractivity contribution >= 4 is 39.2 Å². The van der Waals surface area contributed by atoms with E-state index in [1.807, 2.05) is 29.7 Å². The molecule has 1 aromatic carbocycles. The second-order valence-electron chi connectivity index (χ2n) is 7.31. The van der Waals surface area contributed by atoms with Crippen LogP contribution in [0.5, 0.6) is 0 Å². The zero-order valence-electron chi connectivity index (χ0n) is 15.6. The predicted molar refractivity (Wildman–Crippen MR) is 112 cm³/mol. The number of aromatic amines is 1. The summed E-state index contributed by atoms with van der Waals surface area (Å²) in [5, 5.41) is 15.3. The highest BCUT2D eigenvalue weighted by Gasteiger charge is 2.29. The van der Waals surface area contributed by atoms with E-state index in [1.54, 1.807) is 12.3 Å². The summed E-state index contributed by atoms with van der Waals surface area (Å²) < 4.78 is 1.85. The number of hydrogen-bond donors (Lipinski definition) is 2. The van der Waals surface area contributed by atoms with Crippen LogP contribution < -0.4 is 10.9 Å². The number of hydrogen-bond acceptors (Lipinski definition) is 5. The van der Waals surface area contributed by atoms with Gasteiger partial charge in [0.15, 0.2) is 0 Å². The van der Waals surface area contributed by atoms with Gasteiger partial charge in [-0.15, -0.1) is 0 Å². The van der Waals surface area contributed by atoms with E-state index in [1.165, 1.54) is 6.33 Å². The fourth-order valence-electron chi connectivity index (χ4n) is 3.84. The molecule has 1 fully saturated rings. The average molecular weight is 405 g/mol. The number of H-pyrrole nitrogens is 1. The van der Waals surface area contributed by atoms with Gasteiger partial charge >= 0.3 is 0 Å². The molecule has 0 amide bonds. The van der Waals surface area contributed by atoms with E-state index in [-0.39, 0.29) is 17.6 Å². The first kappa shape index (κ1) is 17.7. The van der Waals surface area contributed by atoms with Crippen LogP contribution in [0.2, 0.25) is 5.02 Å². The maximum Gasteiger partial charge on any atom is 0.260 e. The third-order valence-corrected chi connectivity index (χ3v) is 5.67. The van der Waals surface area contributed by atoms with Gasteiger partial charge in [0.25, 0.3) is 5.56 Å². The van der Waals surface area contributed by atoms with Gasteiger partial charge in [0, 0.05) is 17.9 Å². The second-order valence-corrected chi connectivity index (χ2v) is 7.71. The maximum absolute atomic E-state index is 13.3. The van der Waals surface area contributed by atoms with Crippen molar-refractivity contribution in [3.8, 4) is 6.07 Å². The highest BCUT2D eigenvalue weighted by Crippen LogP contribution is 2.38. The van der Waals surface area contributed by atoms with Gasteiger partial charge in [-0.25, -0.2) is 9.97 Å². The Morgan fingerprint density at radius 2 is 2.17 bits per heavy atom. The number of benzene rings is 1. The molecule has 1 unspecified atom stereocenters. The lowest BCUT2D eigenvalue weighted by atomic mass is 10.1. The Kier molecular flexibility index (Phi) is 4.03. The SMILES string of the molecule is CC(Nc1ncnc2[nH]cc(C#N)c12)c1cc2cccc(Cl)c2c(=O)n1C1CC1. The summed E-state index contributed by atoms with van der Waals surface area (Å²) in [6.07, 6.45) is 5.02. The fraction of sp³-hybridized carbons (Fsp3) is 0.238. The molecule has 7 nitrogen and oxygen atoms in total. The normalized spacial score (nSPS) is 14.8. The minimum absolute atomic E-state index is 0.0635. The molecule has 3 aromatic heterocycles. The van der Waals surface area contributed by atoms with Crippen LogP contribution in [-0.2, 0) is 0 Å². The number of fused-ring (bicyclic) bond motifs is 2. The van der Waals surface area contributed by atoms with Gasteiger partial charge in [-0.1, -0.05) is 23.7 Å². The van der Waals surface area contributed by atoms with E-state index in [0.29, 0.717) is 32.8 Å². The van der Waals surface area contributed by atoms with Crippen LogP contribution >= 0.6 is 11.6 Å². The molecular weight excluding hydrogens is 388 g/mol. The molecule has 0 radical (unpaired) electrons. The lowest BCUT2D eigenvalue weighted by Gasteiger charge is -2.21. The number of nitrogens with zero attached hydrogens (tertiary/aromatic N) is 4. The van der Waals surface area contributed by atoms with Crippen molar-refractivity contribution < 1.29 is 0 Å². The molecule has 0 spiro atoms. The monoisotopic (exact) mass is 404 g/mol. The van der Waals surface area contributed by atoms with Crippen LogP contribution in [0.25, 0.3) is 21.8 Å². The van der Waals surface area contributed by atoms with Crippen molar-refractivity contribution in [3.63, 3.8) is 0 Å². The lowest BCUT2D eigenvalue weighted by molar-refractivity contribution is 0.636. The minimum atomic E-state index is -0.216. The van der Waals surface area contributed by atoms with Gasteiger partial charge in [-0.3, -0.25) is 4.79 Å². The van der Waals surface area contributed by atoms with Crippen LogP contribution in [0.15, 0.2) is 41.6 Å². The molecule has 0 bridgehead atoms. The fourth-order valence-corrected chi connectivity index (χ4v) is 4.10. The highest BCUT2D eigenvalue weighted by molar-refractivity contribution is 6.35. The summed E-state index contributed by atoms with van der Waals surface area (Å²) in [5.41, 5.74) is 1.87. The Labute approximate surface area is 171 Å². The summed E-state index contributed by atoms with van der Waals surface area (Å²) in [6, 6.07) is 9.64. The van der Waals surface area contributed by atoms with E-state index < -0.39 is 0 Å². The van der Waals surface area contributed by atoms with E-state index in [9.17, 15) is 10.1 Å². The third kappa shape index (κ3) is 2.84. The zero-order valence-corrected chi connectivity index (χ0v) is 16.4. The molecule has 8 heteroatoms. The van der Waals surface area contributed by atoms with E-state index in [0.717, 1.165) is 23.9 Å². The van der Waals surface area contributed by atoms with Crippen molar-refractivity contribution in [2.24, 2.45) is 0 Å². The van der Waals surface area contributed by atoms with Gasteiger partial charge in [-0.05, 0) is 37.3 Å². The van der Waals surface area contributed by atoms with E-state index in [2.05, 4.69) is 26.3 Å². The van der Waals surface area contributed by atoms with Gasteiger partial charge in [0.1, 0.15) is 23.9 Å². The summed E-state index contributed by atoms with van der Waals surface area (Å²) in [5.74, 6) is 0.557. The van der Waals surface area contributed by atoms with Crippen LogP contribution in [0, 0.1) is 11.3 Å². The number of rotatable bonds is 4. The predicted octanol–water partition coefficient (Wildman–Crippen LogP) is 4.31. The maximum atomic E-state index is 13.3. The van der Waals surface area contributed by atoms with Gasteiger partial charge < -0.3 is 14.9 Å². The number of nitrogens with one attached hydrogen (secondary N) is 2. The Morgan fingerprint density at radius 1 is 1.34 bits per heavy atom. The molecule has 144 valence electrons. The van der Waals surface area contributed by atoms with Crippen molar-refractivity contribution in [2.45, 2.75) is 31.8 Å². The second kappa shape index (κ2) is 6.61. The number of nitriles is 1. The molecule has 5 rings (SSSR count). The first-order valence-electron chi connectivity index (χ1n) is 9.41. The summed E-state index contributed by atoms with van der Waals surface area (Å²) in [4.78, 5) is 24.8. The molecule has 1 aliphatic carbocycles. The molecule has 2 N–H and O–H groups in total. The number of pyridine rings is 1. The number of anilines is 1. The standard InChI is InChI=1S/C21H17ClN6O/c1-11(27-20-18-13(8-23)9-24-19(18)25-10-26-20)16-7-12-3-2-4-15(22)17(12)21(29)28(16)14-5-6-14/h2-4,7,9-11,14H,5-6H2,1H3,(H2,24,25,26,27). The highest BCUT2D eigenvalue weighted by atomic mass is 35.5. The van der Waals surface area contributed by atoms with Crippen LogP contribution in [0.4, 0.5) is 5.82 Å². The van der Waals surface area contributed by atoms with Crippen molar-refractivity contribution in [1.29, 1.82) is 5.26 Å². The summed E-state index contributed by atoms with van der Waals surface area (Å²) >= 11 is 6.33. The molecule has 0 aliphatic heterocycles. The Bertz CT molecular complexity index is 1360. The Morgan fingerprint density at radius 3 is 2.93 bits per heavy atom. The largest absolute Gasteiger partial charge is 0.361 e. The van der Waals surface area contributed by atoms with Gasteiger partial charge in [-0.2, -0.15) is 5.26 Å². The molecule has 0 saturated heterocycles. The number of halogens is 1. The van der Waals surface area contributed by atoms with E-state index in [4.69, 9.17) is 11.6 Å². The molecule has 3 heterocycles. The van der Waals surface area contributed by atoms with E-state index >= 15 is 0 Å². The van der Waals surface area contributed by atoms with Gasteiger partial charge in [0.2, 0.25) is 0 Å². The van der Waals surface area contributed by atoms with Crippen LogP contribution in [0.1, 0.15) is 43.1 Å². The first-order chi connectivity index (χ1) is 14.1. The molecule has 1 atom stereocenters. The Balaban J connectivity index is 1.65. The number of aromatic nitrogens is 4. The topological polar surface area (TPSA) is 99.4 Å². The van der Waals surface area contributed by atoms with Crippen molar-refractivity contribution in [1.82, 2.24) is 19.5 Å². The third-order valence-electron chi connectivity index (χ3n) is 5.36.